The highest BCUT2D eigenvalue weighted by molar-refractivity contribution is 7.20. The highest BCUT2D eigenvalue weighted by Crippen LogP contribution is 2.42. The zero-order valence-electron chi connectivity index (χ0n) is 20.5. The molecule has 37 heavy (non-hydrogen) atoms. The predicted octanol–water partition coefficient (Wildman–Crippen LogP) is 9.07. The maximum atomic E-state index is 6.27. The largest absolute Gasteiger partial charge is 0.461 e. The average molecular weight is 498 g/mol. The zero-order valence-corrected chi connectivity index (χ0v) is 21.3. The van der Waals surface area contributed by atoms with E-state index < -0.39 is 0 Å². The number of aryl methyl sites for hydroxylation is 2. The summed E-state index contributed by atoms with van der Waals surface area (Å²) in [4.78, 5) is 1.28. The lowest BCUT2D eigenvalue weighted by Crippen LogP contribution is -1.92. The number of aromatic nitrogens is 3. The summed E-state index contributed by atoms with van der Waals surface area (Å²) in [5, 5.41) is 9.54. The van der Waals surface area contributed by atoms with E-state index in [0.29, 0.717) is 0 Å². The molecule has 5 aromatic heterocycles. The van der Waals surface area contributed by atoms with Gasteiger partial charge in [-0.25, -0.2) is 4.52 Å². The van der Waals surface area contributed by atoms with Gasteiger partial charge in [-0.3, -0.25) is 0 Å². The topological polar surface area (TPSA) is 35.4 Å². The first-order valence-corrected chi connectivity index (χ1v) is 13.4. The summed E-state index contributed by atoms with van der Waals surface area (Å²) in [6, 6.07) is 28.6. The minimum absolute atomic E-state index is 0.890. The molecule has 0 atom stereocenters. The molecule has 0 saturated carbocycles. The number of thiophene rings is 1. The van der Waals surface area contributed by atoms with E-state index in [1.807, 2.05) is 28.3 Å². The first-order valence-electron chi connectivity index (χ1n) is 12.6. The van der Waals surface area contributed by atoms with Crippen LogP contribution in [0, 0.1) is 6.92 Å². The summed E-state index contributed by atoms with van der Waals surface area (Å²) in [5.74, 6) is 0.890. The van der Waals surface area contributed by atoms with Crippen LogP contribution < -0.4 is 0 Å². The van der Waals surface area contributed by atoms with Gasteiger partial charge in [0.2, 0.25) is 0 Å². The molecule has 0 aliphatic heterocycles. The molecule has 0 unspecified atom stereocenters. The SMILES string of the molecule is CCn1c2ccccc2c2cc(-c3cccc(-c4occ5c4c4cc(C)sc4c4ccnn45)c3)ccc21. The van der Waals surface area contributed by atoms with Crippen LogP contribution in [0.3, 0.4) is 0 Å². The monoisotopic (exact) mass is 497 g/mol. The molecule has 0 aliphatic rings. The lowest BCUT2D eigenvalue weighted by Gasteiger charge is -2.07. The van der Waals surface area contributed by atoms with Crippen molar-refractivity contribution in [2.24, 2.45) is 0 Å². The Morgan fingerprint density at radius 2 is 1.59 bits per heavy atom. The van der Waals surface area contributed by atoms with Crippen molar-refractivity contribution in [1.29, 1.82) is 0 Å². The maximum Gasteiger partial charge on any atom is 0.144 e. The van der Waals surface area contributed by atoms with Gasteiger partial charge < -0.3 is 8.98 Å². The molecular formula is C32H23N3OS. The molecule has 0 fully saturated rings. The third-order valence-corrected chi connectivity index (χ3v) is 8.62. The Bertz CT molecular complexity index is 2150. The molecule has 4 nitrogen and oxygen atoms in total. The van der Waals surface area contributed by atoms with Gasteiger partial charge in [-0.1, -0.05) is 42.5 Å². The second kappa shape index (κ2) is 7.58. The van der Waals surface area contributed by atoms with E-state index in [4.69, 9.17) is 4.42 Å². The van der Waals surface area contributed by atoms with E-state index in [-0.39, 0.29) is 0 Å². The zero-order chi connectivity index (χ0) is 24.7. The van der Waals surface area contributed by atoms with Crippen LogP contribution in [0.2, 0.25) is 0 Å². The Morgan fingerprint density at radius 1 is 0.757 bits per heavy atom. The summed E-state index contributed by atoms with van der Waals surface area (Å²) in [6.45, 7) is 5.32. The van der Waals surface area contributed by atoms with Gasteiger partial charge in [-0.2, -0.15) is 5.10 Å². The molecule has 0 aliphatic carbocycles. The van der Waals surface area contributed by atoms with Crippen LogP contribution in [0.25, 0.3) is 70.8 Å². The van der Waals surface area contributed by atoms with Crippen LogP contribution in [-0.2, 0) is 6.54 Å². The number of para-hydroxylation sites is 1. The van der Waals surface area contributed by atoms with Crippen molar-refractivity contribution < 1.29 is 4.42 Å². The molecule has 0 N–H and O–H groups in total. The summed E-state index contributed by atoms with van der Waals surface area (Å²) in [7, 11) is 0. The normalized spacial score (nSPS) is 12.2. The van der Waals surface area contributed by atoms with Crippen LogP contribution >= 0.6 is 11.3 Å². The van der Waals surface area contributed by atoms with Crippen molar-refractivity contribution in [2.45, 2.75) is 20.4 Å². The molecule has 0 bridgehead atoms. The van der Waals surface area contributed by atoms with E-state index in [0.717, 1.165) is 34.3 Å². The van der Waals surface area contributed by atoms with E-state index in [1.54, 1.807) is 0 Å². The molecule has 0 amide bonds. The smallest absolute Gasteiger partial charge is 0.144 e. The van der Waals surface area contributed by atoms with Crippen LogP contribution in [0.4, 0.5) is 0 Å². The molecular weight excluding hydrogens is 474 g/mol. The van der Waals surface area contributed by atoms with Crippen molar-refractivity contribution in [3.8, 4) is 22.5 Å². The van der Waals surface area contributed by atoms with Crippen LogP contribution in [0.15, 0.2) is 95.7 Å². The van der Waals surface area contributed by atoms with Gasteiger partial charge >= 0.3 is 0 Å². The lowest BCUT2D eigenvalue weighted by atomic mass is 9.99. The van der Waals surface area contributed by atoms with Gasteiger partial charge in [-0.15, -0.1) is 11.3 Å². The van der Waals surface area contributed by atoms with Crippen molar-refractivity contribution in [1.82, 2.24) is 14.2 Å². The summed E-state index contributed by atoms with van der Waals surface area (Å²) in [6.07, 6.45) is 3.71. The fourth-order valence-corrected chi connectivity index (χ4v) is 6.98. The average Bonchev–Trinajstić information content (AvgIpc) is 3.71. The first kappa shape index (κ1) is 20.8. The van der Waals surface area contributed by atoms with Gasteiger partial charge in [0.25, 0.3) is 0 Å². The van der Waals surface area contributed by atoms with Gasteiger partial charge in [-0.05, 0) is 61.4 Å². The number of hydrogen-bond acceptors (Lipinski definition) is 3. The quantitative estimate of drug-likeness (QED) is 0.244. The fourth-order valence-electron chi connectivity index (χ4n) is 5.95. The molecule has 0 saturated heterocycles. The van der Waals surface area contributed by atoms with E-state index in [1.165, 1.54) is 47.9 Å². The predicted molar refractivity (Wildman–Crippen MR) is 155 cm³/mol. The minimum atomic E-state index is 0.890. The van der Waals surface area contributed by atoms with Crippen LogP contribution in [0.5, 0.6) is 0 Å². The molecule has 0 spiro atoms. The Hall–Kier alpha value is -4.35. The maximum absolute atomic E-state index is 6.27. The third kappa shape index (κ3) is 2.86. The van der Waals surface area contributed by atoms with Crippen LogP contribution in [-0.4, -0.2) is 14.2 Å². The second-order valence-electron chi connectivity index (χ2n) is 9.63. The molecule has 178 valence electrons. The van der Waals surface area contributed by atoms with E-state index in [9.17, 15) is 0 Å². The molecule has 3 aromatic carbocycles. The first-order chi connectivity index (χ1) is 18.2. The number of benzene rings is 3. The Labute approximate surface area is 217 Å². The van der Waals surface area contributed by atoms with E-state index >= 15 is 0 Å². The van der Waals surface area contributed by atoms with Crippen molar-refractivity contribution in [3.63, 3.8) is 0 Å². The van der Waals surface area contributed by atoms with Gasteiger partial charge in [0.15, 0.2) is 0 Å². The van der Waals surface area contributed by atoms with Crippen LogP contribution in [0.1, 0.15) is 11.8 Å². The summed E-state index contributed by atoms with van der Waals surface area (Å²) in [5.41, 5.74) is 8.14. The highest BCUT2D eigenvalue weighted by atomic mass is 32.1. The number of furan rings is 1. The fraction of sp³-hybridized carbons (Fsp3) is 0.0938. The number of rotatable bonds is 3. The Morgan fingerprint density at radius 3 is 2.51 bits per heavy atom. The molecule has 8 aromatic rings. The Kier molecular flexibility index (Phi) is 4.26. The second-order valence-corrected chi connectivity index (χ2v) is 10.9. The standard InChI is InChI=1S/C32H23N3OS/c1-3-34-26-10-5-4-9-23(26)24-17-21(11-12-27(24)34)20-7-6-8-22(16-20)31-30-25-15-19(2)37-32(25)28-13-14-33-35(28)29(30)18-36-31/h4-18H,3H2,1-2H3. The minimum Gasteiger partial charge on any atom is -0.461 e. The molecule has 8 rings (SSSR count). The molecule has 5 heterocycles. The van der Waals surface area contributed by atoms with Gasteiger partial charge in [0, 0.05) is 44.2 Å². The number of nitrogens with zero attached hydrogens (tertiary/aromatic N) is 3. The van der Waals surface area contributed by atoms with Crippen molar-refractivity contribution in [2.75, 3.05) is 0 Å². The molecule has 5 heteroatoms. The number of hydrogen-bond donors (Lipinski definition) is 0. The van der Waals surface area contributed by atoms with Crippen molar-refractivity contribution >= 4 is 59.6 Å². The van der Waals surface area contributed by atoms with Gasteiger partial charge in [0.05, 0.1) is 21.8 Å². The third-order valence-electron chi connectivity index (χ3n) is 7.55. The van der Waals surface area contributed by atoms with E-state index in [2.05, 4.69) is 102 Å². The van der Waals surface area contributed by atoms with Gasteiger partial charge in [0.1, 0.15) is 17.5 Å². The highest BCUT2D eigenvalue weighted by Gasteiger charge is 2.19. The molecule has 0 radical (unpaired) electrons. The number of pyridine rings is 1. The number of fused-ring (bicyclic) bond motifs is 9. The summed E-state index contributed by atoms with van der Waals surface area (Å²) < 4.78 is 11.9. The summed E-state index contributed by atoms with van der Waals surface area (Å²) >= 11 is 1.81. The van der Waals surface area contributed by atoms with Crippen molar-refractivity contribution in [3.05, 3.63) is 96.2 Å². The Balaban J connectivity index is 1.34. The lowest BCUT2D eigenvalue weighted by molar-refractivity contribution is 0.586.